The van der Waals surface area contributed by atoms with Crippen LogP contribution in [0, 0.1) is 0 Å². The summed E-state index contributed by atoms with van der Waals surface area (Å²) in [6.45, 7) is 4.02. The van der Waals surface area contributed by atoms with Crippen molar-refractivity contribution < 1.29 is 9.47 Å². The summed E-state index contributed by atoms with van der Waals surface area (Å²) in [4.78, 5) is 4.15. The SMILES string of the molecule is CCNc1cncn1Cc1ccc2c(c1)OCO2. The Morgan fingerprint density at radius 3 is 3.11 bits per heavy atom. The predicted octanol–water partition coefficient (Wildman–Crippen LogP) is 2.09. The Hall–Kier alpha value is -2.17. The van der Waals surface area contributed by atoms with Crippen molar-refractivity contribution in [3.63, 3.8) is 0 Å². The number of aromatic nitrogens is 2. The van der Waals surface area contributed by atoms with Crippen molar-refractivity contribution in [3.8, 4) is 11.5 Å². The first-order chi connectivity index (χ1) is 8.86. The van der Waals surface area contributed by atoms with Gasteiger partial charge in [-0.15, -0.1) is 0 Å². The minimum absolute atomic E-state index is 0.312. The zero-order valence-electron chi connectivity index (χ0n) is 10.2. The largest absolute Gasteiger partial charge is 0.454 e. The molecule has 1 aromatic carbocycles. The summed E-state index contributed by atoms with van der Waals surface area (Å²) in [6, 6.07) is 6.00. The van der Waals surface area contributed by atoms with E-state index in [4.69, 9.17) is 9.47 Å². The van der Waals surface area contributed by atoms with Crippen molar-refractivity contribution in [2.45, 2.75) is 13.5 Å². The standard InChI is InChI=1S/C13H15N3O2/c1-2-15-13-6-14-8-16(13)7-10-3-4-11-12(5-10)18-9-17-11/h3-6,8,15H,2,7,9H2,1H3. The zero-order valence-corrected chi connectivity index (χ0v) is 10.2. The topological polar surface area (TPSA) is 48.3 Å². The number of anilines is 1. The van der Waals surface area contributed by atoms with Crippen molar-refractivity contribution in [3.05, 3.63) is 36.3 Å². The van der Waals surface area contributed by atoms with Gasteiger partial charge in [0.05, 0.1) is 19.1 Å². The highest BCUT2D eigenvalue weighted by molar-refractivity contribution is 5.45. The van der Waals surface area contributed by atoms with Crippen molar-refractivity contribution in [2.75, 3.05) is 18.7 Å². The fraction of sp³-hybridized carbons (Fsp3) is 0.308. The monoisotopic (exact) mass is 245 g/mol. The third-order valence-electron chi connectivity index (χ3n) is 2.86. The minimum Gasteiger partial charge on any atom is -0.454 e. The lowest BCUT2D eigenvalue weighted by molar-refractivity contribution is 0.174. The Kier molecular flexibility index (Phi) is 2.80. The van der Waals surface area contributed by atoms with E-state index >= 15 is 0 Å². The summed E-state index contributed by atoms with van der Waals surface area (Å²) >= 11 is 0. The molecular weight excluding hydrogens is 230 g/mol. The smallest absolute Gasteiger partial charge is 0.231 e. The molecule has 0 radical (unpaired) electrons. The molecule has 18 heavy (non-hydrogen) atoms. The van der Waals surface area contributed by atoms with Crippen LogP contribution >= 0.6 is 0 Å². The highest BCUT2D eigenvalue weighted by Gasteiger charge is 2.13. The van der Waals surface area contributed by atoms with Gasteiger partial charge in [-0.1, -0.05) is 6.07 Å². The number of fused-ring (bicyclic) bond motifs is 1. The van der Waals surface area contributed by atoms with E-state index in [1.807, 2.05) is 30.7 Å². The highest BCUT2D eigenvalue weighted by Crippen LogP contribution is 2.32. The van der Waals surface area contributed by atoms with Crippen molar-refractivity contribution in [2.24, 2.45) is 0 Å². The highest BCUT2D eigenvalue weighted by atomic mass is 16.7. The average Bonchev–Trinajstić information content (AvgIpc) is 2.99. The Balaban J connectivity index is 1.81. The molecule has 2 aromatic rings. The molecule has 1 aromatic heterocycles. The number of ether oxygens (including phenoxy) is 2. The molecule has 0 unspecified atom stereocenters. The van der Waals surface area contributed by atoms with Gasteiger partial charge in [-0.25, -0.2) is 4.98 Å². The van der Waals surface area contributed by atoms with Gasteiger partial charge < -0.3 is 19.4 Å². The van der Waals surface area contributed by atoms with Crippen molar-refractivity contribution in [1.82, 2.24) is 9.55 Å². The molecule has 94 valence electrons. The van der Waals surface area contributed by atoms with E-state index < -0.39 is 0 Å². The quantitative estimate of drug-likeness (QED) is 0.896. The second-order valence-corrected chi connectivity index (χ2v) is 4.12. The lowest BCUT2D eigenvalue weighted by Gasteiger charge is -2.09. The summed E-state index contributed by atoms with van der Waals surface area (Å²) in [6.07, 6.45) is 3.65. The molecule has 1 aliphatic heterocycles. The van der Waals surface area contributed by atoms with Gasteiger partial charge in [-0.3, -0.25) is 0 Å². The number of nitrogens with one attached hydrogen (secondary N) is 1. The van der Waals surface area contributed by atoms with Crippen LogP contribution in [0.15, 0.2) is 30.7 Å². The number of hydrogen-bond acceptors (Lipinski definition) is 4. The van der Waals surface area contributed by atoms with Gasteiger partial charge in [0.1, 0.15) is 5.82 Å². The van der Waals surface area contributed by atoms with Gasteiger partial charge in [0.25, 0.3) is 0 Å². The molecule has 0 amide bonds. The van der Waals surface area contributed by atoms with Crippen LogP contribution < -0.4 is 14.8 Å². The lowest BCUT2D eigenvalue weighted by Crippen LogP contribution is -2.06. The van der Waals surface area contributed by atoms with Crippen LogP contribution in [-0.2, 0) is 6.54 Å². The van der Waals surface area contributed by atoms with Crippen LogP contribution in [0.25, 0.3) is 0 Å². The van der Waals surface area contributed by atoms with E-state index in [0.29, 0.717) is 6.79 Å². The second kappa shape index (κ2) is 4.60. The molecule has 0 spiro atoms. The third kappa shape index (κ3) is 1.99. The fourth-order valence-electron chi connectivity index (χ4n) is 2.01. The summed E-state index contributed by atoms with van der Waals surface area (Å²) in [5, 5.41) is 3.27. The fourth-order valence-corrected chi connectivity index (χ4v) is 2.01. The number of nitrogens with zero attached hydrogens (tertiary/aromatic N) is 2. The average molecular weight is 245 g/mol. The minimum atomic E-state index is 0.312. The predicted molar refractivity (Wildman–Crippen MR) is 68.1 cm³/mol. The van der Waals surface area contributed by atoms with Gasteiger partial charge >= 0.3 is 0 Å². The summed E-state index contributed by atoms with van der Waals surface area (Å²) in [5.41, 5.74) is 1.16. The van der Waals surface area contributed by atoms with Crippen LogP contribution in [0.2, 0.25) is 0 Å². The van der Waals surface area contributed by atoms with Crippen LogP contribution in [0.3, 0.4) is 0 Å². The number of hydrogen-bond donors (Lipinski definition) is 1. The molecule has 0 saturated carbocycles. The molecule has 0 atom stereocenters. The van der Waals surface area contributed by atoms with Gasteiger partial charge in [-0.05, 0) is 24.6 Å². The van der Waals surface area contributed by atoms with Crippen LogP contribution in [0.5, 0.6) is 11.5 Å². The van der Waals surface area contributed by atoms with Crippen LogP contribution in [0.1, 0.15) is 12.5 Å². The van der Waals surface area contributed by atoms with E-state index in [0.717, 1.165) is 36.0 Å². The maximum absolute atomic E-state index is 5.37. The molecule has 0 bridgehead atoms. The van der Waals surface area contributed by atoms with Gasteiger partial charge in [0, 0.05) is 6.54 Å². The first-order valence-corrected chi connectivity index (χ1v) is 5.99. The van der Waals surface area contributed by atoms with Gasteiger partial charge in [0.2, 0.25) is 6.79 Å². The third-order valence-corrected chi connectivity index (χ3v) is 2.86. The molecule has 2 heterocycles. The molecule has 0 fully saturated rings. The first-order valence-electron chi connectivity index (χ1n) is 5.99. The summed E-state index contributed by atoms with van der Waals surface area (Å²) in [5.74, 6) is 2.66. The second-order valence-electron chi connectivity index (χ2n) is 4.12. The van der Waals surface area contributed by atoms with E-state index in [2.05, 4.69) is 21.8 Å². The van der Waals surface area contributed by atoms with E-state index in [1.165, 1.54) is 0 Å². The number of benzene rings is 1. The number of imidazole rings is 1. The van der Waals surface area contributed by atoms with Crippen LogP contribution in [0.4, 0.5) is 5.82 Å². The van der Waals surface area contributed by atoms with Crippen LogP contribution in [-0.4, -0.2) is 22.9 Å². The maximum atomic E-state index is 5.37. The maximum Gasteiger partial charge on any atom is 0.231 e. The summed E-state index contributed by atoms with van der Waals surface area (Å²) in [7, 11) is 0. The number of rotatable bonds is 4. The molecule has 0 saturated heterocycles. The van der Waals surface area contributed by atoms with Gasteiger partial charge in [-0.2, -0.15) is 0 Å². The molecule has 3 rings (SSSR count). The normalized spacial score (nSPS) is 12.7. The van der Waals surface area contributed by atoms with E-state index in [-0.39, 0.29) is 0 Å². The molecule has 1 aliphatic rings. The van der Waals surface area contributed by atoms with E-state index in [9.17, 15) is 0 Å². The molecule has 1 N–H and O–H groups in total. The Bertz CT molecular complexity index is 551. The van der Waals surface area contributed by atoms with Crippen molar-refractivity contribution in [1.29, 1.82) is 0 Å². The molecule has 0 aliphatic carbocycles. The van der Waals surface area contributed by atoms with Crippen molar-refractivity contribution >= 4 is 5.82 Å². The zero-order chi connectivity index (χ0) is 12.4. The first kappa shape index (κ1) is 11.0. The molecular formula is C13H15N3O2. The Morgan fingerprint density at radius 1 is 1.33 bits per heavy atom. The van der Waals surface area contributed by atoms with Gasteiger partial charge in [0.15, 0.2) is 11.5 Å². The Morgan fingerprint density at radius 2 is 2.22 bits per heavy atom. The molecule has 5 nitrogen and oxygen atoms in total. The Labute approximate surface area is 105 Å². The van der Waals surface area contributed by atoms with E-state index in [1.54, 1.807) is 0 Å². The lowest BCUT2D eigenvalue weighted by atomic mass is 10.2. The molecule has 5 heteroatoms. The summed E-state index contributed by atoms with van der Waals surface area (Å²) < 4.78 is 12.7.